The average molecular weight is 518 g/mol. The van der Waals surface area contributed by atoms with E-state index >= 15 is 0 Å². The molecule has 34 heavy (non-hydrogen) atoms. The number of benzene rings is 3. The Morgan fingerprint density at radius 3 is 2.68 bits per heavy atom. The Morgan fingerprint density at radius 1 is 1.00 bits per heavy atom. The lowest BCUT2D eigenvalue weighted by molar-refractivity contribution is -0.129. The third kappa shape index (κ3) is 6.43. The van der Waals surface area contributed by atoms with E-state index in [1.54, 1.807) is 30.3 Å². The van der Waals surface area contributed by atoms with Gasteiger partial charge in [0, 0.05) is 21.8 Å². The Bertz CT molecular complexity index is 1360. The number of nitrogens with one attached hydrogen (secondary N) is 2. The number of carbonyl (C=O) groups is 2. The van der Waals surface area contributed by atoms with Crippen molar-refractivity contribution in [1.29, 1.82) is 0 Å². The summed E-state index contributed by atoms with van der Waals surface area (Å²) in [5.74, 6) is -0.0598. The molecule has 0 aliphatic heterocycles. The van der Waals surface area contributed by atoms with Crippen molar-refractivity contribution in [3.63, 3.8) is 0 Å². The van der Waals surface area contributed by atoms with E-state index in [4.69, 9.17) is 9.15 Å². The van der Waals surface area contributed by atoms with Gasteiger partial charge >= 0.3 is 5.97 Å². The first-order valence-corrected chi connectivity index (χ1v) is 11.1. The first-order chi connectivity index (χ1) is 16.6. The molecule has 3 aromatic carbocycles. The number of rotatable bonds is 8. The van der Waals surface area contributed by atoms with Crippen LogP contribution >= 0.6 is 15.9 Å². The van der Waals surface area contributed by atoms with Crippen LogP contribution in [-0.4, -0.2) is 24.6 Å². The molecule has 0 saturated carbocycles. The maximum atomic E-state index is 12.2. The maximum Gasteiger partial charge on any atom is 0.336 e. The summed E-state index contributed by atoms with van der Waals surface area (Å²) in [6.45, 7) is 0.0492. The van der Waals surface area contributed by atoms with E-state index in [0.29, 0.717) is 17.1 Å². The Balaban J connectivity index is 1.33. The highest BCUT2D eigenvalue weighted by Crippen LogP contribution is 2.22. The SMILES string of the molecule is O=C(CNc1ccc2ccccc2c1)N/N=C/c1cc(Br)ccc1OC(=O)/C=C/c1ccco1. The van der Waals surface area contributed by atoms with Crippen LogP contribution < -0.4 is 15.5 Å². The van der Waals surface area contributed by atoms with Gasteiger partial charge in [0.15, 0.2) is 0 Å². The number of hydrazone groups is 1. The zero-order valence-corrected chi connectivity index (χ0v) is 19.5. The third-order valence-electron chi connectivity index (χ3n) is 4.70. The molecule has 2 N–H and O–H groups in total. The molecule has 0 radical (unpaired) electrons. The van der Waals surface area contributed by atoms with Gasteiger partial charge in [-0.3, -0.25) is 4.79 Å². The molecule has 1 heterocycles. The number of halogens is 1. The topological polar surface area (TPSA) is 92.9 Å². The monoisotopic (exact) mass is 517 g/mol. The largest absolute Gasteiger partial charge is 0.465 e. The minimum Gasteiger partial charge on any atom is -0.465 e. The molecule has 1 aromatic heterocycles. The van der Waals surface area contributed by atoms with Gasteiger partial charge < -0.3 is 14.5 Å². The van der Waals surface area contributed by atoms with E-state index in [0.717, 1.165) is 20.9 Å². The number of fused-ring (bicyclic) bond motifs is 1. The lowest BCUT2D eigenvalue weighted by atomic mass is 10.1. The molecule has 0 unspecified atom stereocenters. The summed E-state index contributed by atoms with van der Waals surface area (Å²) in [6.07, 6.45) is 5.71. The number of hydrogen-bond donors (Lipinski definition) is 2. The van der Waals surface area contributed by atoms with Crippen molar-refractivity contribution in [3.8, 4) is 5.75 Å². The van der Waals surface area contributed by atoms with E-state index in [1.807, 2.05) is 42.5 Å². The number of hydrogen-bond acceptors (Lipinski definition) is 6. The van der Waals surface area contributed by atoms with Crippen LogP contribution in [0.4, 0.5) is 5.69 Å². The molecular formula is C26H20BrN3O4. The highest BCUT2D eigenvalue weighted by atomic mass is 79.9. The van der Waals surface area contributed by atoms with Crippen LogP contribution in [0.25, 0.3) is 16.8 Å². The minimum absolute atomic E-state index is 0.0492. The van der Waals surface area contributed by atoms with E-state index in [1.165, 1.54) is 24.6 Å². The van der Waals surface area contributed by atoms with Crippen LogP contribution in [-0.2, 0) is 9.59 Å². The quantitative estimate of drug-likeness (QED) is 0.108. The van der Waals surface area contributed by atoms with Gasteiger partial charge in [-0.1, -0.05) is 46.3 Å². The van der Waals surface area contributed by atoms with Crippen molar-refractivity contribution in [2.75, 3.05) is 11.9 Å². The molecule has 7 nitrogen and oxygen atoms in total. The first kappa shape index (κ1) is 23.0. The summed E-state index contributed by atoms with van der Waals surface area (Å²) < 4.78 is 11.3. The van der Waals surface area contributed by atoms with E-state index < -0.39 is 5.97 Å². The molecule has 0 aliphatic rings. The molecule has 8 heteroatoms. The van der Waals surface area contributed by atoms with Crippen molar-refractivity contribution in [2.24, 2.45) is 5.10 Å². The Hall–Kier alpha value is -4.17. The number of nitrogens with zero attached hydrogens (tertiary/aromatic N) is 1. The Labute approximate surface area is 204 Å². The Morgan fingerprint density at radius 2 is 1.85 bits per heavy atom. The van der Waals surface area contributed by atoms with Crippen LogP contribution in [0.5, 0.6) is 5.75 Å². The van der Waals surface area contributed by atoms with Crippen molar-refractivity contribution >= 4 is 56.6 Å². The van der Waals surface area contributed by atoms with E-state index in [9.17, 15) is 9.59 Å². The van der Waals surface area contributed by atoms with Gasteiger partial charge in [-0.15, -0.1) is 0 Å². The number of carbonyl (C=O) groups excluding carboxylic acids is 2. The fraction of sp³-hybridized carbons (Fsp3) is 0.0385. The summed E-state index contributed by atoms with van der Waals surface area (Å²) in [6, 6.07) is 22.4. The number of amides is 1. The first-order valence-electron chi connectivity index (χ1n) is 10.3. The van der Waals surface area contributed by atoms with Crippen LogP contribution in [0.1, 0.15) is 11.3 Å². The van der Waals surface area contributed by atoms with Crippen LogP contribution in [0.3, 0.4) is 0 Å². The molecule has 0 bridgehead atoms. The lowest BCUT2D eigenvalue weighted by Gasteiger charge is -2.07. The van der Waals surface area contributed by atoms with Crippen molar-refractivity contribution in [2.45, 2.75) is 0 Å². The van der Waals surface area contributed by atoms with Gasteiger partial charge in [0.2, 0.25) is 0 Å². The molecule has 0 aliphatic carbocycles. The van der Waals surface area contributed by atoms with Crippen molar-refractivity contribution < 1.29 is 18.7 Å². The zero-order chi connectivity index (χ0) is 23.8. The van der Waals surface area contributed by atoms with Crippen molar-refractivity contribution in [3.05, 3.63) is 101 Å². The molecule has 0 saturated heterocycles. The molecule has 170 valence electrons. The molecule has 1 amide bonds. The van der Waals surface area contributed by atoms with Gasteiger partial charge in [-0.2, -0.15) is 5.10 Å². The molecule has 0 fully saturated rings. The molecule has 0 spiro atoms. The number of ether oxygens (including phenoxy) is 1. The second-order valence-electron chi connectivity index (χ2n) is 7.16. The number of esters is 1. The standard InChI is InChI=1S/C26H20BrN3O4/c27-21-8-11-24(34-26(32)12-10-23-6-3-13-33-23)20(14-21)16-29-30-25(31)17-28-22-9-7-18-4-1-2-5-19(18)15-22/h1-16,28H,17H2,(H,30,31)/b12-10+,29-16+. The van der Waals surface area contributed by atoms with Crippen molar-refractivity contribution in [1.82, 2.24) is 5.43 Å². The predicted molar refractivity (Wildman–Crippen MR) is 136 cm³/mol. The normalized spacial score (nSPS) is 11.2. The Kier molecular flexibility index (Phi) is 7.52. The predicted octanol–water partition coefficient (Wildman–Crippen LogP) is 5.38. The summed E-state index contributed by atoms with van der Waals surface area (Å²) >= 11 is 3.38. The summed E-state index contributed by atoms with van der Waals surface area (Å²) in [5.41, 5.74) is 3.81. The highest BCUT2D eigenvalue weighted by molar-refractivity contribution is 9.10. The van der Waals surface area contributed by atoms with Gasteiger partial charge in [-0.25, -0.2) is 10.2 Å². The third-order valence-corrected chi connectivity index (χ3v) is 5.20. The summed E-state index contributed by atoms with van der Waals surface area (Å²) in [4.78, 5) is 24.3. The fourth-order valence-corrected chi connectivity index (χ4v) is 3.47. The second-order valence-corrected chi connectivity index (χ2v) is 8.08. The van der Waals surface area contributed by atoms with Crippen LogP contribution in [0.15, 0.2) is 99.1 Å². The molecule has 4 rings (SSSR count). The average Bonchev–Trinajstić information content (AvgIpc) is 3.37. The maximum absolute atomic E-state index is 12.2. The van der Waals surface area contributed by atoms with Gasteiger partial charge in [0.25, 0.3) is 5.91 Å². The van der Waals surface area contributed by atoms with Crippen LogP contribution in [0, 0.1) is 0 Å². The van der Waals surface area contributed by atoms with Gasteiger partial charge in [0.1, 0.15) is 11.5 Å². The molecule has 0 atom stereocenters. The minimum atomic E-state index is -0.572. The second kappa shape index (κ2) is 11.1. The van der Waals surface area contributed by atoms with E-state index in [-0.39, 0.29) is 12.5 Å². The number of furan rings is 1. The molecule has 4 aromatic rings. The van der Waals surface area contributed by atoms with E-state index in [2.05, 4.69) is 31.8 Å². The molecular weight excluding hydrogens is 498 g/mol. The smallest absolute Gasteiger partial charge is 0.336 e. The number of anilines is 1. The summed E-state index contributed by atoms with van der Waals surface area (Å²) in [7, 11) is 0. The van der Waals surface area contributed by atoms with Crippen LogP contribution in [0.2, 0.25) is 0 Å². The summed E-state index contributed by atoms with van der Waals surface area (Å²) in [5, 5.41) is 9.28. The lowest BCUT2D eigenvalue weighted by Crippen LogP contribution is -2.25. The van der Waals surface area contributed by atoms with Gasteiger partial charge in [0.05, 0.1) is 19.0 Å². The zero-order valence-electron chi connectivity index (χ0n) is 17.9. The van der Waals surface area contributed by atoms with Gasteiger partial charge in [-0.05, 0) is 59.3 Å². The fourth-order valence-electron chi connectivity index (χ4n) is 3.09. The highest BCUT2D eigenvalue weighted by Gasteiger charge is 2.08.